The van der Waals surface area contributed by atoms with Crippen LogP contribution >= 0.6 is 0 Å². The lowest BCUT2D eigenvalue weighted by Crippen LogP contribution is -2.26. The number of hydrogen-bond donors (Lipinski definition) is 0. The van der Waals surface area contributed by atoms with E-state index in [4.69, 9.17) is 4.74 Å². The van der Waals surface area contributed by atoms with E-state index >= 15 is 0 Å². The Kier molecular flexibility index (Phi) is 5.77. The van der Waals surface area contributed by atoms with Crippen LogP contribution in [0.2, 0.25) is 12.1 Å². The van der Waals surface area contributed by atoms with E-state index in [1.165, 1.54) is 36.4 Å². The van der Waals surface area contributed by atoms with Crippen molar-refractivity contribution < 1.29 is 13.9 Å². The molecule has 0 amide bonds. The summed E-state index contributed by atoms with van der Waals surface area (Å²) in [6.07, 6.45) is 4.22. The molecule has 0 aromatic heterocycles. The van der Waals surface area contributed by atoms with Crippen molar-refractivity contribution in [1.82, 2.24) is 0 Å². The number of carbonyl (C=O) groups excluding carboxylic acids is 1. The van der Waals surface area contributed by atoms with E-state index in [2.05, 4.69) is 6.92 Å². The highest BCUT2D eigenvalue weighted by Crippen LogP contribution is 2.32. The first-order valence-corrected chi connectivity index (χ1v) is 9.66. The van der Waals surface area contributed by atoms with Crippen LogP contribution in [0.4, 0.5) is 4.39 Å². The lowest BCUT2D eigenvalue weighted by molar-refractivity contribution is -0.140. The standard InChI is InChI=1S/C16H23FO2Si/c1-2-20-11-12-3-5-13(6-4-12)16(18)19-15-9-7-14(17)8-10-15/h7-10,12-13H,2-6,11,20H2,1H3. The minimum atomic E-state index is -0.314. The third-order valence-corrected chi connectivity index (χ3v) is 6.11. The Balaban J connectivity index is 1.78. The van der Waals surface area contributed by atoms with Crippen LogP contribution in [0.15, 0.2) is 24.3 Å². The summed E-state index contributed by atoms with van der Waals surface area (Å²) in [5, 5.41) is 0. The highest BCUT2D eigenvalue weighted by molar-refractivity contribution is 6.35. The molecular formula is C16H23FO2Si. The van der Waals surface area contributed by atoms with Crippen molar-refractivity contribution in [3.8, 4) is 5.75 Å². The minimum Gasteiger partial charge on any atom is -0.426 e. The average Bonchev–Trinajstić information content (AvgIpc) is 2.48. The number of halogens is 1. The van der Waals surface area contributed by atoms with Gasteiger partial charge in [0.1, 0.15) is 11.6 Å². The molecule has 20 heavy (non-hydrogen) atoms. The van der Waals surface area contributed by atoms with Crippen LogP contribution in [0.3, 0.4) is 0 Å². The Bertz CT molecular complexity index is 425. The number of benzene rings is 1. The monoisotopic (exact) mass is 294 g/mol. The van der Waals surface area contributed by atoms with Crippen LogP contribution < -0.4 is 4.74 Å². The highest BCUT2D eigenvalue weighted by atomic mass is 28.2. The van der Waals surface area contributed by atoms with E-state index in [9.17, 15) is 9.18 Å². The lowest BCUT2D eigenvalue weighted by atomic mass is 9.83. The molecule has 2 nitrogen and oxygen atoms in total. The van der Waals surface area contributed by atoms with Gasteiger partial charge in [0, 0.05) is 9.52 Å². The predicted molar refractivity (Wildman–Crippen MR) is 81.3 cm³/mol. The molecule has 0 radical (unpaired) electrons. The summed E-state index contributed by atoms with van der Waals surface area (Å²) < 4.78 is 18.1. The van der Waals surface area contributed by atoms with Gasteiger partial charge in [0.05, 0.1) is 5.92 Å². The molecule has 110 valence electrons. The quantitative estimate of drug-likeness (QED) is 0.471. The molecule has 2 rings (SSSR count). The smallest absolute Gasteiger partial charge is 0.314 e. The molecule has 1 aromatic carbocycles. The summed E-state index contributed by atoms with van der Waals surface area (Å²) in [4.78, 5) is 12.1. The first kappa shape index (κ1) is 15.2. The van der Waals surface area contributed by atoms with E-state index in [-0.39, 0.29) is 27.2 Å². The Hall–Kier alpha value is -1.16. The summed E-state index contributed by atoms with van der Waals surface area (Å²) in [6, 6.07) is 8.45. The molecule has 1 saturated carbocycles. The molecule has 1 aliphatic carbocycles. The van der Waals surface area contributed by atoms with Crippen molar-refractivity contribution in [2.24, 2.45) is 11.8 Å². The molecule has 1 fully saturated rings. The zero-order valence-electron chi connectivity index (χ0n) is 12.1. The van der Waals surface area contributed by atoms with E-state index in [1.54, 1.807) is 0 Å². The van der Waals surface area contributed by atoms with Crippen LogP contribution in [0.5, 0.6) is 5.75 Å². The fraction of sp³-hybridized carbons (Fsp3) is 0.562. The van der Waals surface area contributed by atoms with E-state index in [0.29, 0.717) is 5.75 Å². The Labute approximate surface area is 122 Å². The molecule has 0 heterocycles. The Morgan fingerprint density at radius 1 is 1.25 bits per heavy atom. The van der Waals surface area contributed by atoms with Gasteiger partial charge in [-0.05, 0) is 55.9 Å². The Morgan fingerprint density at radius 2 is 1.90 bits per heavy atom. The molecule has 0 N–H and O–H groups in total. The summed E-state index contributed by atoms with van der Waals surface area (Å²) >= 11 is 0. The summed E-state index contributed by atoms with van der Waals surface area (Å²) in [7, 11) is 0.138. The molecule has 0 saturated heterocycles. The second kappa shape index (κ2) is 7.57. The topological polar surface area (TPSA) is 26.3 Å². The van der Waals surface area contributed by atoms with Gasteiger partial charge < -0.3 is 4.74 Å². The maximum Gasteiger partial charge on any atom is 0.314 e. The van der Waals surface area contributed by atoms with Crippen molar-refractivity contribution in [3.05, 3.63) is 30.1 Å². The number of rotatable bonds is 5. The molecule has 1 aromatic rings. The van der Waals surface area contributed by atoms with Crippen molar-refractivity contribution in [3.63, 3.8) is 0 Å². The maximum atomic E-state index is 12.8. The second-order valence-electron chi connectivity index (χ2n) is 5.73. The summed E-state index contributed by atoms with van der Waals surface area (Å²) in [5.74, 6) is 0.848. The molecule has 4 heteroatoms. The van der Waals surface area contributed by atoms with Gasteiger partial charge >= 0.3 is 5.97 Å². The predicted octanol–water partition coefficient (Wildman–Crippen LogP) is 3.56. The first-order chi connectivity index (χ1) is 9.69. The number of hydrogen-bond acceptors (Lipinski definition) is 2. The van der Waals surface area contributed by atoms with Gasteiger partial charge in [-0.25, -0.2) is 4.39 Å². The summed E-state index contributed by atoms with van der Waals surface area (Å²) in [6.45, 7) is 2.28. The summed E-state index contributed by atoms with van der Waals surface area (Å²) in [5.41, 5.74) is 0. The van der Waals surface area contributed by atoms with Crippen LogP contribution in [0.1, 0.15) is 32.6 Å². The third-order valence-electron chi connectivity index (χ3n) is 4.18. The fourth-order valence-electron chi connectivity index (χ4n) is 2.88. The van der Waals surface area contributed by atoms with E-state index < -0.39 is 0 Å². The largest absolute Gasteiger partial charge is 0.426 e. The maximum absolute atomic E-state index is 12.8. The molecule has 1 aliphatic rings. The SMILES string of the molecule is CC[SiH2]CC1CCC(C(=O)Oc2ccc(F)cc2)CC1. The third kappa shape index (κ3) is 4.44. The van der Waals surface area contributed by atoms with Gasteiger partial charge in [0.15, 0.2) is 0 Å². The van der Waals surface area contributed by atoms with Crippen LogP contribution in [0.25, 0.3) is 0 Å². The van der Waals surface area contributed by atoms with Gasteiger partial charge in [0.25, 0.3) is 0 Å². The normalized spacial score (nSPS) is 23.1. The zero-order valence-corrected chi connectivity index (χ0v) is 13.5. The second-order valence-corrected chi connectivity index (χ2v) is 8.02. The van der Waals surface area contributed by atoms with Crippen molar-refractivity contribution >= 4 is 15.5 Å². The molecular weight excluding hydrogens is 271 g/mol. The Morgan fingerprint density at radius 3 is 2.50 bits per heavy atom. The zero-order chi connectivity index (χ0) is 14.4. The first-order valence-electron chi connectivity index (χ1n) is 7.66. The van der Waals surface area contributed by atoms with E-state index in [1.807, 2.05) is 0 Å². The van der Waals surface area contributed by atoms with Gasteiger partial charge in [0.2, 0.25) is 0 Å². The fourth-order valence-corrected chi connectivity index (χ4v) is 4.44. The highest BCUT2D eigenvalue weighted by Gasteiger charge is 2.27. The van der Waals surface area contributed by atoms with Gasteiger partial charge in [-0.15, -0.1) is 0 Å². The van der Waals surface area contributed by atoms with Gasteiger partial charge in [-0.2, -0.15) is 0 Å². The van der Waals surface area contributed by atoms with Gasteiger partial charge in [-0.1, -0.05) is 19.0 Å². The molecule has 0 aliphatic heterocycles. The van der Waals surface area contributed by atoms with Crippen molar-refractivity contribution in [2.75, 3.05) is 0 Å². The van der Waals surface area contributed by atoms with E-state index in [0.717, 1.165) is 31.6 Å². The van der Waals surface area contributed by atoms with Crippen LogP contribution in [0, 0.1) is 17.7 Å². The van der Waals surface area contributed by atoms with Crippen molar-refractivity contribution in [2.45, 2.75) is 44.7 Å². The molecule has 0 bridgehead atoms. The minimum absolute atomic E-state index is 0.0274. The average molecular weight is 294 g/mol. The van der Waals surface area contributed by atoms with Crippen LogP contribution in [-0.4, -0.2) is 15.5 Å². The van der Waals surface area contributed by atoms with Crippen LogP contribution in [-0.2, 0) is 4.79 Å². The molecule has 0 spiro atoms. The number of carbonyl (C=O) groups is 1. The van der Waals surface area contributed by atoms with Gasteiger partial charge in [-0.3, -0.25) is 4.79 Å². The number of esters is 1. The van der Waals surface area contributed by atoms with Crippen molar-refractivity contribution in [1.29, 1.82) is 0 Å². The molecule has 0 atom stereocenters. The number of ether oxygens (including phenoxy) is 1. The lowest BCUT2D eigenvalue weighted by Gasteiger charge is -2.27. The molecule has 0 unspecified atom stereocenters.